The number of nitrogens with zero attached hydrogens (tertiary/aromatic N) is 3. The molecule has 0 radical (unpaired) electrons. The molecule has 28 heavy (non-hydrogen) atoms. The zero-order valence-corrected chi connectivity index (χ0v) is 16.1. The number of aryl methyl sites for hydroxylation is 1. The third-order valence-electron chi connectivity index (χ3n) is 5.67. The van der Waals surface area contributed by atoms with Crippen molar-refractivity contribution >= 4 is 5.97 Å². The van der Waals surface area contributed by atoms with Crippen molar-refractivity contribution in [1.29, 1.82) is 0 Å². The Kier molecular flexibility index (Phi) is 5.51. The summed E-state index contributed by atoms with van der Waals surface area (Å²) in [4.78, 5) is 12.7. The summed E-state index contributed by atoms with van der Waals surface area (Å²) in [6.45, 7) is 0.480. The molecule has 4 rings (SSSR count). The van der Waals surface area contributed by atoms with E-state index in [1.165, 1.54) is 5.56 Å². The van der Waals surface area contributed by atoms with Crippen molar-refractivity contribution in [2.24, 2.45) is 13.0 Å². The van der Waals surface area contributed by atoms with Gasteiger partial charge in [0.25, 0.3) is 0 Å². The second-order valence-electron chi connectivity index (χ2n) is 7.54. The predicted octanol–water partition coefficient (Wildman–Crippen LogP) is 4.61. The summed E-state index contributed by atoms with van der Waals surface area (Å²) >= 11 is 0. The highest BCUT2D eigenvalue weighted by Gasteiger charge is 2.24. The average molecular weight is 375 g/mol. The normalized spacial score (nSPS) is 19.3. The van der Waals surface area contributed by atoms with Crippen molar-refractivity contribution in [2.75, 3.05) is 6.61 Å². The number of hydrogen-bond acceptors (Lipinski definition) is 4. The van der Waals surface area contributed by atoms with Gasteiger partial charge in [0, 0.05) is 12.6 Å². The van der Waals surface area contributed by atoms with Crippen LogP contribution >= 0.6 is 0 Å². The van der Waals surface area contributed by atoms with E-state index >= 15 is 0 Å². The van der Waals surface area contributed by atoms with Crippen LogP contribution < -0.4 is 0 Å². The van der Waals surface area contributed by atoms with Gasteiger partial charge in [-0.3, -0.25) is 0 Å². The Labute approximate surface area is 165 Å². The van der Waals surface area contributed by atoms with Gasteiger partial charge in [0.2, 0.25) is 0 Å². The average Bonchev–Trinajstić information content (AvgIpc) is 3.19. The Morgan fingerprint density at radius 2 is 1.75 bits per heavy atom. The van der Waals surface area contributed by atoms with E-state index < -0.39 is 0 Å². The molecule has 0 unspecified atom stereocenters. The number of ether oxygens (including phenoxy) is 1. The smallest absolute Gasteiger partial charge is 0.338 e. The first-order valence-corrected chi connectivity index (χ1v) is 9.88. The minimum atomic E-state index is -0.288. The predicted molar refractivity (Wildman–Crippen MR) is 108 cm³/mol. The van der Waals surface area contributed by atoms with Gasteiger partial charge in [-0.15, -0.1) is 10.2 Å². The molecule has 0 spiro atoms. The molecule has 2 aromatic carbocycles. The SMILES string of the molecule is Cn1cnnc1-c1ccccc1C(=O)OCC1CCC(c2ccccc2)CC1. The lowest BCUT2D eigenvalue weighted by atomic mass is 9.79. The lowest BCUT2D eigenvalue weighted by Crippen LogP contribution is -2.20. The molecule has 1 aliphatic carbocycles. The van der Waals surface area contributed by atoms with Crippen LogP contribution in [0.25, 0.3) is 11.4 Å². The fraction of sp³-hybridized carbons (Fsp3) is 0.348. The van der Waals surface area contributed by atoms with Gasteiger partial charge in [-0.05, 0) is 49.1 Å². The summed E-state index contributed by atoms with van der Waals surface area (Å²) in [5, 5.41) is 8.03. The highest BCUT2D eigenvalue weighted by Crippen LogP contribution is 2.36. The van der Waals surface area contributed by atoms with Crippen LogP contribution in [-0.2, 0) is 11.8 Å². The zero-order valence-electron chi connectivity index (χ0n) is 16.1. The van der Waals surface area contributed by atoms with Crippen LogP contribution in [0.4, 0.5) is 0 Å². The molecule has 5 heteroatoms. The summed E-state index contributed by atoms with van der Waals surface area (Å²) in [7, 11) is 1.86. The van der Waals surface area contributed by atoms with Crippen molar-refractivity contribution in [3.05, 3.63) is 72.1 Å². The van der Waals surface area contributed by atoms with Gasteiger partial charge in [0.1, 0.15) is 6.33 Å². The number of aromatic nitrogens is 3. The largest absolute Gasteiger partial charge is 0.462 e. The molecule has 0 aliphatic heterocycles. The lowest BCUT2D eigenvalue weighted by molar-refractivity contribution is 0.0406. The molecule has 1 aliphatic rings. The highest BCUT2D eigenvalue weighted by molar-refractivity contribution is 5.96. The van der Waals surface area contributed by atoms with Crippen LogP contribution in [0.15, 0.2) is 60.9 Å². The Balaban J connectivity index is 1.35. The van der Waals surface area contributed by atoms with Gasteiger partial charge in [-0.2, -0.15) is 0 Å². The Morgan fingerprint density at radius 3 is 2.46 bits per heavy atom. The Morgan fingerprint density at radius 1 is 1.04 bits per heavy atom. The molecule has 1 aromatic heterocycles. The highest BCUT2D eigenvalue weighted by atomic mass is 16.5. The lowest BCUT2D eigenvalue weighted by Gasteiger charge is -2.28. The molecule has 5 nitrogen and oxygen atoms in total. The third-order valence-corrected chi connectivity index (χ3v) is 5.67. The van der Waals surface area contributed by atoms with Crippen LogP contribution in [0.5, 0.6) is 0 Å². The first-order chi connectivity index (χ1) is 13.7. The fourth-order valence-electron chi connectivity index (χ4n) is 4.04. The molecular formula is C23H25N3O2. The molecule has 0 amide bonds. The molecule has 0 saturated heterocycles. The number of rotatable bonds is 5. The van der Waals surface area contributed by atoms with Gasteiger partial charge in [0.15, 0.2) is 5.82 Å². The molecule has 1 heterocycles. The van der Waals surface area contributed by atoms with E-state index in [2.05, 4.69) is 40.5 Å². The molecule has 0 N–H and O–H groups in total. The summed E-state index contributed by atoms with van der Waals surface area (Å²) in [5.74, 6) is 1.44. The molecule has 0 bridgehead atoms. The van der Waals surface area contributed by atoms with Gasteiger partial charge >= 0.3 is 5.97 Å². The molecule has 144 valence electrons. The van der Waals surface area contributed by atoms with Crippen molar-refractivity contribution < 1.29 is 9.53 Å². The number of carbonyl (C=O) groups excluding carboxylic acids is 1. The standard InChI is InChI=1S/C23H25N3O2/c1-26-16-24-25-22(26)20-9-5-6-10-21(20)23(27)28-15-17-11-13-19(14-12-17)18-7-3-2-4-8-18/h2-10,16-17,19H,11-15H2,1H3. The second kappa shape index (κ2) is 8.38. The molecular weight excluding hydrogens is 350 g/mol. The van der Waals surface area contributed by atoms with E-state index in [0.717, 1.165) is 31.2 Å². The maximum atomic E-state index is 12.7. The van der Waals surface area contributed by atoms with Gasteiger partial charge < -0.3 is 9.30 Å². The van der Waals surface area contributed by atoms with Crippen molar-refractivity contribution in [3.63, 3.8) is 0 Å². The molecule has 1 fully saturated rings. The Bertz CT molecular complexity index is 928. The third kappa shape index (κ3) is 3.98. The summed E-state index contributed by atoms with van der Waals surface area (Å²) < 4.78 is 7.49. The van der Waals surface area contributed by atoms with E-state index in [-0.39, 0.29) is 5.97 Å². The first-order valence-electron chi connectivity index (χ1n) is 9.88. The van der Waals surface area contributed by atoms with E-state index in [4.69, 9.17) is 4.74 Å². The number of benzene rings is 2. The van der Waals surface area contributed by atoms with Crippen LogP contribution in [-0.4, -0.2) is 27.3 Å². The molecule has 1 saturated carbocycles. The molecule has 3 aromatic rings. The minimum absolute atomic E-state index is 0.288. The first kappa shape index (κ1) is 18.4. The summed E-state index contributed by atoms with van der Waals surface area (Å²) in [6.07, 6.45) is 6.13. The monoisotopic (exact) mass is 375 g/mol. The maximum Gasteiger partial charge on any atom is 0.338 e. The van der Waals surface area contributed by atoms with Crippen molar-refractivity contribution in [3.8, 4) is 11.4 Å². The quantitative estimate of drug-likeness (QED) is 0.611. The van der Waals surface area contributed by atoms with Crippen LogP contribution in [0.3, 0.4) is 0 Å². The van der Waals surface area contributed by atoms with E-state index in [9.17, 15) is 4.79 Å². The van der Waals surface area contributed by atoms with Gasteiger partial charge in [-0.1, -0.05) is 48.5 Å². The second-order valence-corrected chi connectivity index (χ2v) is 7.54. The van der Waals surface area contributed by atoms with Crippen LogP contribution in [0.1, 0.15) is 47.5 Å². The topological polar surface area (TPSA) is 57.0 Å². The van der Waals surface area contributed by atoms with E-state index in [1.54, 1.807) is 17.0 Å². The zero-order chi connectivity index (χ0) is 19.3. The van der Waals surface area contributed by atoms with Gasteiger partial charge in [-0.25, -0.2) is 4.79 Å². The van der Waals surface area contributed by atoms with Crippen LogP contribution in [0, 0.1) is 5.92 Å². The number of esters is 1. The Hall–Kier alpha value is -2.95. The van der Waals surface area contributed by atoms with E-state index in [0.29, 0.717) is 29.8 Å². The molecule has 0 atom stereocenters. The van der Waals surface area contributed by atoms with Crippen molar-refractivity contribution in [1.82, 2.24) is 14.8 Å². The fourth-order valence-corrected chi connectivity index (χ4v) is 4.04. The summed E-state index contributed by atoms with van der Waals surface area (Å²) in [5.41, 5.74) is 2.72. The van der Waals surface area contributed by atoms with Crippen LogP contribution in [0.2, 0.25) is 0 Å². The number of hydrogen-bond donors (Lipinski definition) is 0. The van der Waals surface area contributed by atoms with Crippen molar-refractivity contribution in [2.45, 2.75) is 31.6 Å². The minimum Gasteiger partial charge on any atom is -0.462 e. The van der Waals surface area contributed by atoms with E-state index in [1.807, 2.05) is 25.2 Å². The number of carbonyl (C=O) groups is 1. The maximum absolute atomic E-state index is 12.7. The van der Waals surface area contributed by atoms with Gasteiger partial charge in [0.05, 0.1) is 12.2 Å². The summed E-state index contributed by atoms with van der Waals surface area (Å²) in [6, 6.07) is 18.1.